The van der Waals surface area contributed by atoms with Crippen molar-refractivity contribution < 1.29 is 24.1 Å². The summed E-state index contributed by atoms with van der Waals surface area (Å²) < 4.78 is 24.5. The van der Waals surface area contributed by atoms with E-state index in [-0.39, 0.29) is 36.6 Å². The molecule has 3 fully saturated rings. The molecule has 2 aliphatic heterocycles. The van der Waals surface area contributed by atoms with E-state index in [2.05, 4.69) is 49.1 Å². The Hall–Kier alpha value is -1.50. The van der Waals surface area contributed by atoms with Gasteiger partial charge in [-0.25, -0.2) is 0 Å². The van der Waals surface area contributed by atoms with Gasteiger partial charge < -0.3 is 24.1 Å². The fraction of sp³-hybridized carbons (Fsp3) is 0.655. The van der Waals surface area contributed by atoms with Gasteiger partial charge in [0.25, 0.3) is 0 Å². The van der Waals surface area contributed by atoms with Gasteiger partial charge in [0.05, 0.1) is 18.3 Å². The third kappa shape index (κ3) is 7.50. The minimum absolute atomic E-state index is 0.0444. The number of hydrogen-bond acceptors (Lipinski definition) is 5. The van der Waals surface area contributed by atoms with Crippen molar-refractivity contribution >= 4 is 0 Å². The molecular weight excluding hydrogens is 428 g/mol. The van der Waals surface area contributed by atoms with Gasteiger partial charge in [-0.1, -0.05) is 48.6 Å². The molecule has 1 aromatic carbocycles. The van der Waals surface area contributed by atoms with Crippen molar-refractivity contribution in [3.05, 3.63) is 60.7 Å². The lowest BCUT2D eigenvalue weighted by atomic mass is 9.89. The second-order valence-corrected chi connectivity index (χ2v) is 9.92. The number of ether oxygens (including phenoxy) is 4. The van der Waals surface area contributed by atoms with Gasteiger partial charge in [0.15, 0.2) is 12.6 Å². The molecule has 4 rings (SSSR count). The lowest BCUT2D eigenvalue weighted by Gasteiger charge is -2.30. The van der Waals surface area contributed by atoms with E-state index in [1.807, 2.05) is 6.08 Å². The number of aryl methyl sites for hydroxylation is 1. The average Bonchev–Trinajstić information content (AvgIpc) is 3.16. The zero-order valence-corrected chi connectivity index (χ0v) is 20.4. The van der Waals surface area contributed by atoms with Gasteiger partial charge in [-0.05, 0) is 69.3 Å². The fourth-order valence-electron chi connectivity index (χ4n) is 5.46. The molecule has 1 aliphatic carbocycles. The summed E-state index contributed by atoms with van der Waals surface area (Å²) in [7, 11) is 0. The van der Waals surface area contributed by atoms with Crippen molar-refractivity contribution in [3.8, 4) is 0 Å². The van der Waals surface area contributed by atoms with Crippen LogP contribution < -0.4 is 0 Å². The third-order valence-corrected chi connectivity index (χ3v) is 7.37. The van der Waals surface area contributed by atoms with Crippen LogP contribution in [0.5, 0.6) is 0 Å². The fourth-order valence-corrected chi connectivity index (χ4v) is 5.46. The predicted molar refractivity (Wildman–Crippen MR) is 133 cm³/mol. The van der Waals surface area contributed by atoms with E-state index < -0.39 is 6.10 Å². The molecule has 1 aromatic rings. The van der Waals surface area contributed by atoms with Crippen molar-refractivity contribution in [2.75, 3.05) is 13.2 Å². The van der Waals surface area contributed by atoms with Crippen LogP contribution in [0.1, 0.15) is 63.4 Å². The molecule has 34 heavy (non-hydrogen) atoms. The molecule has 5 heteroatoms. The molecule has 2 unspecified atom stereocenters. The average molecular weight is 471 g/mol. The van der Waals surface area contributed by atoms with E-state index in [1.54, 1.807) is 0 Å². The number of rotatable bonds is 11. The number of hydrogen-bond donors (Lipinski definition) is 1. The van der Waals surface area contributed by atoms with Gasteiger partial charge >= 0.3 is 0 Å². The topological polar surface area (TPSA) is 57.2 Å². The van der Waals surface area contributed by atoms with Crippen LogP contribution in [0.2, 0.25) is 0 Å². The van der Waals surface area contributed by atoms with Crippen molar-refractivity contribution in [1.82, 2.24) is 0 Å². The Morgan fingerprint density at radius 1 is 1.03 bits per heavy atom. The summed E-state index contributed by atoms with van der Waals surface area (Å²) in [6.45, 7) is 5.46. The van der Waals surface area contributed by atoms with Crippen molar-refractivity contribution in [2.24, 2.45) is 11.8 Å². The quantitative estimate of drug-likeness (QED) is 0.428. The summed E-state index contributed by atoms with van der Waals surface area (Å²) in [5.74, 6) is 0.205. The van der Waals surface area contributed by atoms with Crippen LogP contribution in [0.4, 0.5) is 0 Å². The first-order valence-corrected chi connectivity index (χ1v) is 13.3. The summed E-state index contributed by atoms with van der Waals surface area (Å²) in [5.41, 5.74) is 1.31. The Morgan fingerprint density at radius 2 is 1.76 bits per heavy atom. The van der Waals surface area contributed by atoms with Crippen LogP contribution in [0.25, 0.3) is 0 Å². The maximum atomic E-state index is 10.8. The van der Waals surface area contributed by atoms with Crippen LogP contribution in [-0.4, -0.2) is 49.2 Å². The monoisotopic (exact) mass is 470 g/mol. The minimum atomic E-state index is -0.397. The Bertz CT molecular complexity index is 738. The van der Waals surface area contributed by atoms with Crippen LogP contribution >= 0.6 is 0 Å². The summed E-state index contributed by atoms with van der Waals surface area (Å²) in [6, 6.07) is 10.5. The maximum Gasteiger partial charge on any atom is 0.158 e. The van der Waals surface area contributed by atoms with Gasteiger partial charge in [-0.3, -0.25) is 0 Å². The third-order valence-electron chi connectivity index (χ3n) is 7.37. The van der Waals surface area contributed by atoms with E-state index >= 15 is 0 Å². The number of aliphatic hydroxyl groups excluding tert-OH is 1. The van der Waals surface area contributed by atoms with Crippen LogP contribution in [0, 0.1) is 11.8 Å². The molecule has 3 aliphatic rings. The van der Waals surface area contributed by atoms with Crippen LogP contribution in [-0.2, 0) is 25.4 Å². The molecule has 0 amide bonds. The van der Waals surface area contributed by atoms with E-state index in [4.69, 9.17) is 18.9 Å². The van der Waals surface area contributed by atoms with Gasteiger partial charge in [0, 0.05) is 25.6 Å². The van der Waals surface area contributed by atoms with E-state index in [9.17, 15) is 5.11 Å². The second-order valence-electron chi connectivity index (χ2n) is 9.92. The molecule has 2 heterocycles. The highest BCUT2D eigenvalue weighted by molar-refractivity contribution is 5.15. The molecule has 0 spiro atoms. The first kappa shape index (κ1) is 25.6. The van der Waals surface area contributed by atoms with E-state index in [0.717, 1.165) is 71.0 Å². The molecule has 5 nitrogen and oxygen atoms in total. The van der Waals surface area contributed by atoms with E-state index in [0.29, 0.717) is 6.42 Å². The lowest BCUT2D eigenvalue weighted by Crippen LogP contribution is -2.31. The summed E-state index contributed by atoms with van der Waals surface area (Å²) >= 11 is 0. The van der Waals surface area contributed by atoms with E-state index in [1.165, 1.54) is 5.56 Å². The Kier molecular flexibility index (Phi) is 10.2. The smallest absolute Gasteiger partial charge is 0.158 e. The Labute approximate surface area is 205 Å². The molecule has 0 aromatic heterocycles. The first-order valence-electron chi connectivity index (χ1n) is 13.3. The number of benzene rings is 1. The second kappa shape index (κ2) is 13.6. The summed E-state index contributed by atoms with van der Waals surface area (Å²) in [6.07, 6.45) is 15.1. The van der Waals surface area contributed by atoms with Gasteiger partial charge in [0.1, 0.15) is 0 Å². The first-order chi connectivity index (χ1) is 16.7. The molecule has 0 bridgehead atoms. The zero-order valence-electron chi connectivity index (χ0n) is 20.4. The van der Waals surface area contributed by atoms with Crippen molar-refractivity contribution in [2.45, 2.75) is 95.1 Å². The molecule has 2 saturated heterocycles. The van der Waals surface area contributed by atoms with Crippen LogP contribution in [0.15, 0.2) is 55.1 Å². The number of allylic oxidation sites excluding steroid dienone is 1. The largest absolute Gasteiger partial charge is 0.393 e. The standard InChI is InChI=1S/C29H42O5/c1-2-10-24-25(27(21-26(24)30)34-29-14-7-9-20-32-29)18-17-23(33-28-13-6-8-19-31-28)16-15-22-11-4-3-5-12-22/h2-5,11-12,17-18,23-30H,1,6-10,13-16,19-21H2/t23-,24+,25+,26-,27+,28?,29?/m0/s1. The van der Waals surface area contributed by atoms with Crippen LogP contribution in [0.3, 0.4) is 0 Å². The predicted octanol–water partition coefficient (Wildman–Crippen LogP) is 5.57. The highest BCUT2D eigenvalue weighted by atomic mass is 16.7. The Morgan fingerprint density at radius 3 is 2.44 bits per heavy atom. The maximum absolute atomic E-state index is 10.8. The normalized spacial score (nSPS) is 33.2. The molecule has 0 radical (unpaired) electrons. The Balaban J connectivity index is 1.45. The highest BCUT2D eigenvalue weighted by Gasteiger charge is 2.42. The number of aliphatic hydroxyl groups is 1. The highest BCUT2D eigenvalue weighted by Crippen LogP contribution is 2.39. The SMILES string of the molecule is C=CC[C@@H]1[C@@H](C=C[C@H](CCc2ccccc2)OC2CCCCO2)[C@H](OC2CCCCO2)C[C@@H]1O. The summed E-state index contributed by atoms with van der Waals surface area (Å²) in [5, 5.41) is 10.8. The minimum Gasteiger partial charge on any atom is -0.393 e. The molecule has 7 atom stereocenters. The van der Waals surface area contributed by atoms with Crippen molar-refractivity contribution in [3.63, 3.8) is 0 Å². The lowest BCUT2D eigenvalue weighted by molar-refractivity contribution is -0.193. The molecule has 188 valence electrons. The molecule has 1 N–H and O–H groups in total. The van der Waals surface area contributed by atoms with Crippen molar-refractivity contribution in [1.29, 1.82) is 0 Å². The molecule has 1 saturated carbocycles. The zero-order chi connectivity index (χ0) is 23.6. The van der Waals surface area contributed by atoms with Gasteiger partial charge in [-0.2, -0.15) is 0 Å². The van der Waals surface area contributed by atoms with Gasteiger partial charge in [-0.15, -0.1) is 6.58 Å². The molecular formula is C29H42O5. The summed E-state index contributed by atoms with van der Waals surface area (Å²) in [4.78, 5) is 0. The van der Waals surface area contributed by atoms with Gasteiger partial charge in [0.2, 0.25) is 0 Å².